The Morgan fingerprint density at radius 2 is 1.70 bits per heavy atom. The lowest BCUT2D eigenvalue weighted by Gasteiger charge is -2.16. The number of aryl methyl sites for hydroxylation is 2. The minimum absolute atomic E-state index is 0.113. The Labute approximate surface area is 192 Å². The van der Waals surface area contributed by atoms with Crippen molar-refractivity contribution in [2.75, 3.05) is 18.9 Å². The molecule has 33 heavy (non-hydrogen) atoms. The van der Waals surface area contributed by atoms with E-state index in [4.69, 9.17) is 5.10 Å². The highest BCUT2D eigenvalue weighted by molar-refractivity contribution is 6.02. The zero-order valence-electron chi connectivity index (χ0n) is 18.8. The van der Waals surface area contributed by atoms with E-state index in [1.165, 1.54) is 4.90 Å². The number of carbonyl (C=O) groups excluding carboxylic acids is 2. The van der Waals surface area contributed by atoms with E-state index in [2.05, 4.69) is 10.3 Å². The molecule has 0 saturated heterocycles. The summed E-state index contributed by atoms with van der Waals surface area (Å²) in [6, 6.07) is 21.1. The molecule has 2 heterocycles. The second-order valence-electron chi connectivity index (χ2n) is 7.97. The van der Waals surface area contributed by atoms with Gasteiger partial charge in [-0.2, -0.15) is 5.10 Å². The predicted octanol–water partition coefficient (Wildman–Crippen LogP) is 4.26. The van der Waals surface area contributed by atoms with E-state index >= 15 is 0 Å². The molecule has 0 aliphatic carbocycles. The van der Waals surface area contributed by atoms with Crippen molar-refractivity contribution < 1.29 is 9.59 Å². The zero-order valence-corrected chi connectivity index (χ0v) is 18.8. The molecule has 4 rings (SSSR count). The summed E-state index contributed by atoms with van der Waals surface area (Å²) < 4.78 is 1.69. The number of nitrogens with zero attached hydrogens (tertiary/aromatic N) is 4. The second-order valence-corrected chi connectivity index (χ2v) is 7.97. The third-order valence-corrected chi connectivity index (χ3v) is 5.20. The molecular formula is C26H25N5O2. The van der Waals surface area contributed by atoms with Crippen LogP contribution in [0.4, 0.5) is 5.82 Å². The van der Waals surface area contributed by atoms with Gasteiger partial charge in [-0.3, -0.25) is 9.59 Å². The van der Waals surface area contributed by atoms with Crippen molar-refractivity contribution in [2.45, 2.75) is 13.8 Å². The molecule has 166 valence electrons. The maximum absolute atomic E-state index is 13.4. The van der Waals surface area contributed by atoms with Gasteiger partial charge in [0, 0.05) is 25.0 Å². The highest BCUT2D eigenvalue weighted by atomic mass is 16.2. The van der Waals surface area contributed by atoms with Gasteiger partial charge in [0.2, 0.25) is 5.91 Å². The molecule has 7 heteroatoms. The maximum atomic E-state index is 13.4. The lowest BCUT2D eigenvalue weighted by Crippen LogP contribution is -2.35. The van der Waals surface area contributed by atoms with E-state index in [0.717, 1.165) is 22.4 Å². The normalized spacial score (nSPS) is 10.6. The van der Waals surface area contributed by atoms with Crippen LogP contribution in [0.15, 0.2) is 79.1 Å². The van der Waals surface area contributed by atoms with Gasteiger partial charge in [0.1, 0.15) is 11.5 Å². The molecule has 2 aromatic heterocycles. The highest BCUT2D eigenvalue weighted by Crippen LogP contribution is 2.25. The topological polar surface area (TPSA) is 80.1 Å². The smallest absolute Gasteiger partial charge is 0.257 e. The van der Waals surface area contributed by atoms with E-state index in [1.54, 1.807) is 30.2 Å². The number of carbonyl (C=O) groups is 2. The third-order valence-electron chi connectivity index (χ3n) is 5.20. The summed E-state index contributed by atoms with van der Waals surface area (Å²) in [6.45, 7) is 3.83. The SMILES string of the molecule is Cc1ccc(-n2cc(C(=O)N(C)CC(=O)Nc3cc(C)ccn3)c(-c3ccccc3)n2)cc1. The van der Waals surface area contributed by atoms with E-state index in [9.17, 15) is 9.59 Å². The summed E-state index contributed by atoms with van der Waals surface area (Å²) >= 11 is 0. The molecule has 0 aliphatic heterocycles. The van der Waals surface area contributed by atoms with Crippen LogP contribution in [0, 0.1) is 13.8 Å². The molecule has 2 amide bonds. The number of benzene rings is 2. The van der Waals surface area contributed by atoms with E-state index < -0.39 is 0 Å². The molecule has 4 aromatic rings. The minimum atomic E-state index is -0.323. The van der Waals surface area contributed by atoms with Crippen molar-refractivity contribution in [1.82, 2.24) is 19.7 Å². The van der Waals surface area contributed by atoms with E-state index in [0.29, 0.717) is 17.1 Å². The van der Waals surface area contributed by atoms with Crippen LogP contribution in [-0.4, -0.2) is 45.1 Å². The number of likely N-dealkylation sites (N-methyl/N-ethyl adjacent to an activating group) is 1. The van der Waals surface area contributed by atoms with Crippen LogP contribution in [0.3, 0.4) is 0 Å². The average molecular weight is 440 g/mol. The first-order valence-corrected chi connectivity index (χ1v) is 10.6. The number of hydrogen-bond donors (Lipinski definition) is 1. The van der Waals surface area contributed by atoms with Crippen molar-refractivity contribution >= 4 is 17.6 Å². The first-order chi connectivity index (χ1) is 15.9. The predicted molar refractivity (Wildman–Crippen MR) is 128 cm³/mol. The maximum Gasteiger partial charge on any atom is 0.257 e. The second kappa shape index (κ2) is 9.48. The molecule has 0 unspecified atom stereocenters. The first kappa shape index (κ1) is 22.0. The van der Waals surface area contributed by atoms with Crippen molar-refractivity contribution in [3.8, 4) is 16.9 Å². The molecule has 0 saturated carbocycles. The fraction of sp³-hybridized carbons (Fsp3) is 0.154. The first-order valence-electron chi connectivity index (χ1n) is 10.6. The number of amides is 2. The van der Waals surface area contributed by atoms with E-state index in [1.807, 2.05) is 74.5 Å². The Morgan fingerprint density at radius 1 is 0.970 bits per heavy atom. The highest BCUT2D eigenvalue weighted by Gasteiger charge is 2.23. The monoisotopic (exact) mass is 439 g/mol. The number of aromatic nitrogens is 3. The van der Waals surface area contributed by atoms with Gasteiger partial charge in [-0.15, -0.1) is 0 Å². The number of anilines is 1. The van der Waals surface area contributed by atoms with Gasteiger partial charge in [0.25, 0.3) is 5.91 Å². The molecule has 0 aliphatic rings. The van der Waals surface area contributed by atoms with Gasteiger partial charge in [0.05, 0.1) is 17.8 Å². The molecule has 0 radical (unpaired) electrons. The molecular weight excluding hydrogens is 414 g/mol. The summed E-state index contributed by atoms with van der Waals surface area (Å²) in [5.74, 6) is -0.159. The van der Waals surface area contributed by atoms with Gasteiger partial charge in [-0.25, -0.2) is 9.67 Å². The summed E-state index contributed by atoms with van der Waals surface area (Å²) in [5.41, 5.74) is 4.79. The molecule has 0 spiro atoms. The lowest BCUT2D eigenvalue weighted by molar-refractivity contribution is -0.116. The number of pyridine rings is 1. The molecule has 1 N–H and O–H groups in total. The van der Waals surface area contributed by atoms with Gasteiger partial charge < -0.3 is 10.2 Å². The van der Waals surface area contributed by atoms with Gasteiger partial charge >= 0.3 is 0 Å². The van der Waals surface area contributed by atoms with Crippen LogP contribution >= 0.6 is 0 Å². The van der Waals surface area contributed by atoms with Crippen LogP contribution < -0.4 is 5.32 Å². The van der Waals surface area contributed by atoms with Crippen molar-refractivity contribution in [2.24, 2.45) is 0 Å². The summed E-state index contributed by atoms with van der Waals surface area (Å²) in [5, 5.41) is 7.44. The molecule has 0 bridgehead atoms. The molecule has 2 aromatic carbocycles. The van der Waals surface area contributed by atoms with Crippen LogP contribution in [0.1, 0.15) is 21.5 Å². The van der Waals surface area contributed by atoms with Crippen LogP contribution in [0.25, 0.3) is 16.9 Å². The van der Waals surface area contributed by atoms with Crippen molar-refractivity contribution in [3.63, 3.8) is 0 Å². The molecule has 7 nitrogen and oxygen atoms in total. The Morgan fingerprint density at radius 3 is 2.39 bits per heavy atom. The largest absolute Gasteiger partial charge is 0.332 e. The summed E-state index contributed by atoms with van der Waals surface area (Å²) in [4.78, 5) is 31.4. The standard InChI is InChI=1S/C26H25N5O2/c1-18-9-11-21(12-10-18)31-16-22(25(29-31)20-7-5-4-6-8-20)26(33)30(3)17-24(32)28-23-15-19(2)13-14-27-23/h4-16H,17H2,1-3H3,(H,27,28,32). The van der Waals surface area contributed by atoms with Crippen molar-refractivity contribution in [3.05, 3.63) is 95.8 Å². The fourth-order valence-electron chi connectivity index (χ4n) is 3.45. The molecule has 0 atom stereocenters. The van der Waals surface area contributed by atoms with Crippen LogP contribution in [0.2, 0.25) is 0 Å². The zero-order chi connectivity index (χ0) is 23.4. The lowest BCUT2D eigenvalue weighted by atomic mass is 10.1. The van der Waals surface area contributed by atoms with Crippen LogP contribution in [0.5, 0.6) is 0 Å². The number of nitrogens with one attached hydrogen (secondary N) is 1. The molecule has 0 fully saturated rings. The fourth-order valence-corrected chi connectivity index (χ4v) is 3.45. The van der Waals surface area contributed by atoms with Gasteiger partial charge in [-0.1, -0.05) is 48.0 Å². The van der Waals surface area contributed by atoms with Crippen molar-refractivity contribution in [1.29, 1.82) is 0 Å². The number of hydrogen-bond acceptors (Lipinski definition) is 4. The quantitative estimate of drug-likeness (QED) is 0.487. The van der Waals surface area contributed by atoms with Gasteiger partial charge in [0.15, 0.2) is 0 Å². The third kappa shape index (κ3) is 5.15. The summed E-state index contributed by atoms with van der Waals surface area (Å²) in [7, 11) is 1.60. The minimum Gasteiger partial charge on any atom is -0.332 e. The van der Waals surface area contributed by atoms with Gasteiger partial charge in [-0.05, 0) is 43.7 Å². The average Bonchev–Trinajstić information content (AvgIpc) is 3.25. The Bertz CT molecular complexity index is 1280. The Balaban J connectivity index is 1.60. The number of rotatable bonds is 6. The summed E-state index contributed by atoms with van der Waals surface area (Å²) in [6.07, 6.45) is 3.34. The van der Waals surface area contributed by atoms with E-state index in [-0.39, 0.29) is 18.4 Å². The van der Waals surface area contributed by atoms with Crippen LogP contribution in [-0.2, 0) is 4.79 Å². The Kier molecular flexibility index (Phi) is 6.31. The Hall–Kier alpha value is -4.26.